The minimum atomic E-state index is -4.07. The Morgan fingerprint density at radius 1 is 1.25 bits per heavy atom. The zero-order chi connectivity index (χ0) is 5.21. The third-order valence-corrected chi connectivity index (χ3v) is 0.283. The number of halogens is 4. The number of hydrogen-bond acceptors (Lipinski definition) is 0. The van der Waals surface area contributed by atoms with E-state index < -0.39 is 12.6 Å². The average molecular weight is 242 g/mol. The molecule has 0 spiro atoms. The Kier molecular flexibility index (Phi) is 12.0. The summed E-state index contributed by atoms with van der Waals surface area (Å²) in [5.41, 5.74) is 0. The summed E-state index contributed by atoms with van der Waals surface area (Å²) in [5, 5.41) is 0. The Morgan fingerprint density at radius 3 is 1.38 bits per heavy atom. The molecule has 0 unspecified atom stereocenters. The van der Waals surface area contributed by atoms with Crippen LogP contribution in [0.2, 0.25) is 0 Å². The second kappa shape index (κ2) is 6.02. The molecule has 0 heterocycles. The van der Waals surface area contributed by atoms with Crippen LogP contribution < -0.4 is 17.0 Å². The zero-order valence-electron chi connectivity index (χ0n) is 4.13. The second-order valence-electron chi connectivity index (χ2n) is 0.865. The molecule has 0 fully saturated rings. The van der Waals surface area contributed by atoms with Crippen LogP contribution in [0.4, 0.5) is 13.2 Å². The van der Waals surface area contributed by atoms with E-state index in [1.165, 1.54) is 0 Å². The normalized spacial score (nSPS) is 9.00. The predicted octanol–water partition coefficient (Wildman–Crippen LogP) is -1.23. The van der Waals surface area contributed by atoms with Gasteiger partial charge in [-0.15, -0.1) is 0 Å². The second-order valence-corrected chi connectivity index (χ2v) is 0.865. The summed E-state index contributed by atoms with van der Waals surface area (Å²) in [6.45, 7) is 2.63. The Bertz CT molecular complexity index is 44.3. The number of rotatable bonds is 0. The zero-order valence-corrected chi connectivity index (χ0v) is 8.69. The molecule has 0 aliphatic rings. The molecule has 5 heteroatoms. The largest absolute Gasteiger partial charge is 2.00 e. The molecule has 0 amide bonds. The van der Waals surface area contributed by atoms with Gasteiger partial charge in [0.1, 0.15) is 0 Å². The molecule has 0 radical (unpaired) electrons. The van der Waals surface area contributed by atoms with Gasteiger partial charge in [-0.25, -0.2) is 0 Å². The van der Waals surface area contributed by atoms with Gasteiger partial charge in [-0.2, -0.15) is 13.2 Å². The van der Waals surface area contributed by atoms with Crippen molar-refractivity contribution in [2.45, 2.75) is 12.6 Å². The van der Waals surface area contributed by atoms with Gasteiger partial charge in [-0.05, 0) is 0 Å². The molecule has 0 atom stereocenters. The Labute approximate surface area is 69.4 Å². The van der Waals surface area contributed by atoms with Gasteiger partial charge < -0.3 is 23.9 Å². The topological polar surface area (TPSA) is 0 Å². The maximum atomic E-state index is 10.7. The summed E-state index contributed by atoms with van der Waals surface area (Å²) in [7, 11) is 0. The maximum Gasteiger partial charge on any atom is 2.00 e. The first-order chi connectivity index (χ1) is 2.56. The van der Waals surface area contributed by atoms with Crippen LogP contribution in [0.15, 0.2) is 0 Å². The first-order valence-corrected chi connectivity index (χ1v) is 1.42. The van der Waals surface area contributed by atoms with Gasteiger partial charge in [-0.1, -0.05) is 6.42 Å². The van der Waals surface area contributed by atoms with Crippen LogP contribution in [-0.4, -0.2) is 6.18 Å². The smallest absolute Gasteiger partial charge is 1.00 e. The van der Waals surface area contributed by atoms with E-state index in [1.807, 2.05) is 0 Å². The quantitative estimate of drug-likeness (QED) is 0.369. The third kappa shape index (κ3) is 15.8. The van der Waals surface area contributed by atoms with E-state index in [1.54, 1.807) is 0 Å². The van der Waals surface area contributed by atoms with Crippen molar-refractivity contribution in [3.8, 4) is 0 Å². The SMILES string of the molecule is [Br-].[CH2-]CC(F)(F)F.[Zn+2]. The third-order valence-electron chi connectivity index (χ3n) is 0.283. The number of hydrogen-bond donors (Lipinski definition) is 0. The van der Waals surface area contributed by atoms with E-state index in [9.17, 15) is 13.2 Å². The molecule has 0 aromatic carbocycles. The monoisotopic (exact) mass is 240 g/mol. The molecule has 0 saturated heterocycles. The van der Waals surface area contributed by atoms with Crippen LogP contribution in [0, 0.1) is 6.92 Å². The van der Waals surface area contributed by atoms with Crippen molar-refractivity contribution in [2.75, 3.05) is 0 Å². The summed E-state index contributed by atoms with van der Waals surface area (Å²) in [6.07, 6.45) is -5.05. The minimum absolute atomic E-state index is 0. The summed E-state index contributed by atoms with van der Waals surface area (Å²) < 4.78 is 32.2. The van der Waals surface area contributed by atoms with Gasteiger partial charge >= 0.3 is 25.7 Å². The summed E-state index contributed by atoms with van der Waals surface area (Å²) in [4.78, 5) is 0. The molecule has 0 aliphatic heterocycles. The number of alkyl halides is 3. The molecule has 0 bridgehead atoms. The first kappa shape index (κ1) is 16.0. The molecule has 0 aromatic rings. The first-order valence-electron chi connectivity index (χ1n) is 1.42. The van der Waals surface area contributed by atoms with Crippen LogP contribution in [-0.2, 0) is 19.5 Å². The molecule has 0 N–H and O–H groups in total. The van der Waals surface area contributed by atoms with Crippen molar-refractivity contribution in [3.05, 3.63) is 6.92 Å². The van der Waals surface area contributed by atoms with E-state index >= 15 is 0 Å². The van der Waals surface area contributed by atoms with Crippen molar-refractivity contribution in [1.82, 2.24) is 0 Å². The van der Waals surface area contributed by atoms with E-state index in [2.05, 4.69) is 6.92 Å². The fraction of sp³-hybridized carbons (Fsp3) is 0.667. The molecule has 46 valence electrons. The van der Waals surface area contributed by atoms with Crippen LogP contribution in [0.25, 0.3) is 0 Å². The molecular weight excluding hydrogens is 238 g/mol. The van der Waals surface area contributed by atoms with E-state index in [-0.39, 0.29) is 36.5 Å². The summed E-state index contributed by atoms with van der Waals surface area (Å²) >= 11 is 0. The molecule has 8 heavy (non-hydrogen) atoms. The fourth-order valence-electron chi connectivity index (χ4n) is 0. The van der Waals surface area contributed by atoms with Crippen LogP contribution >= 0.6 is 0 Å². The van der Waals surface area contributed by atoms with Crippen molar-refractivity contribution in [3.63, 3.8) is 0 Å². The Balaban J connectivity index is -0.000000125. The molecule has 0 rings (SSSR count). The molecule has 0 aromatic heterocycles. The summed E-state index contributed by atoms with van der Waals surface area (Å²) in [6, 6.07) is 0. The van der Waals surface area contributed by atoms with Gasteiger partial charge in [0.25, 0.3) is 0 Å². The van der Waals surface area contributed by atoms with Gasteiger partial charge in [0.2, 0.25) is 0 Å². The molecular formula is C3H4BrF3Zn. The van der Waals surface area contributed by atoms with Crippen molar-refractivity contribution in [2.24, 2.45) is 0 Å². The van der Waals surface area contributed by atoms with Crippen molar-refractivity contribution in [1.29, 1.82) is 0 Å². The molecule has 0 saturated carbocycles. The molecule has 0 nitrogen and oxygen atoms in total. The van der Waals surface area contributed by atoms with E-state index in [4.69, 9.17) is 0 Å². The average Bonchev–Trinajstić information content (AvgIpc) is 1.35. The minimum Gasteiger partial charge on any atom is -1.00 e. The van der Waals surface area contributed by atoms with Gasteiger partial charge in [0.15, 0.2) is 0 Å². The fourth-order valence-corrected chi connectivity index (χ4v) is 0. The van der Waals surface area contributed by atoms with Crippen molar-refractivity contribution < 1.29 is 49.6 Å². The van der Waals surface area contributed by atoms with Gasteiger partial charge in [-0.3, -0.25) is 0 Å². The van der Waals surface area contributed by atoms with Gasteiger partial charge in [0.05, 0.1) is 0 Å². The standard InChI is InChI=1S/C3H4F3.BrH.Zn/c1-2-3(4,5)6;;/h1-2H2;1H;/q-1;;+2/p-1. The Morgan fingerprint density at radius 2 is 1.38 bits per heavy atom. The van der Waals surface area contributed by atoms with E-state index in [0.717, 1.165) is 0 Å². The van der Waals surface area contributed by atoms with Crippen LogP contribution in [0.3, 0.4) is 0 Å². The predicted molar refractivity (Wildman–Crippen MR) is 16.0 cm³/mol. The molecule has 0 aliphatic carbocycles. The Hall–Kier alpha value is 0.893. The van der Waals surface area contributed by atoms with Crippen LogP contribution in [0.5, 0.6) is 0 Å². The van der Waals surface area contributed by atoms with Gasteiger partial charge in [0, 0.05) is 0 Å². The van der Waals surface area contributed by atoms with E-state index in [0.29, 0.717) is 0 Å². The summed E-state index contributed by atoms with van der Waals surface area (Å²) in [5.74, 6) is 0. The van der Waals surface area contributed by atoms with Crippen molar-refractivity contribution >= 4 is 0 Å². The maximum absolute atomic E-state index is 10.7. The van der Waals surface area contributed by atoms with Crippen LogP contribution in [0.1, 0.15) is 6.42 Å².